The molecule has 4 aromatic rings. The van der Waals surface area contributed by atoms with Gasteiger partial charge in [0.1, 0.15) is 0 Å². The topological polar surface area (TPSA) is 110 Å². The van der Waals surface area contributed by atoms with Gasteiger partial charge in [-0.3, -0.25) is 20.0 Å². The van der Waals surface area contributed by atoms with Gasteiger partial charge >= 0.3 is 0 Å². The van der Waals surface area contributed by atoms with Crippen molar-refractivity contribution in [1.29, 1.82) is 0 Å². The average Bonchev–Trinajstić information content (AvgIpc) is 3.18. The lowest BCUT2D eigenvalue weighted by atomic mass is 10.1. The highest BCUT2D eigenvalue weighted by Crippen LogP contribution is 2.17. The highest BCUT2D eigenvalue weighted by Gasteiger charge is 2.16. The molecule has 0 saturated heterocycles. The average molecular weight is 349 g/mol. The largest absolute Gasteiger partial charge is 0.322 e. The number of hydrogen-bond acceptors (Lipinski definition) is 4. The van der Waals surface area contributed by atoms with Gasteiger partial charge in [0.25, 0.3) is 11.2 Å². The Balaban J connectivity index is 1.74. The number of rotatable bonds is 4. The fourth-order valence-electron chi connectivity index (χ4n) is 2.97. The maximum atomic E-state index is 12.8. The van der Waals surface area contributed by atoms with Gasteiger partial charge in [0.15, 0.2) is 0 Å². The van der Waals surface area contributed by atoms with Crippen molar-refractivity contribution in [3.05, 3.63) is 85.8 Å². The molecule has 2 N–H and O–H groups in total. The number of aryl methyl sites for hydroxylation is 1. The minimum absolute atomic E-state index is 0.00768. The number of H-pyrrole nitrogens is 2. The SMILES string of the molecule is Cc1[nH]n(-c2nc3ccccc3[nH]2)c(=O)c1Cc1cccc([N+](=O)[O-])c1. The summed E-state index contributed by atoms with van der Waals surface area (Å²) in [5.74, 6) is 0.407. The molecule has 0 unspecified atom stereocenters. The molecule has 130 valence electrons. The first kappa shape index (κ1) is 15.8. The Kier molecular flexibility index (Phi) is 3.65. The highest BCUT2D eigenvalue weighted by atomic mass is 16.6. The van der Waals surface area contributed by atoms with Crippen molar-refractivity contribution in [3.8, 4) is 5.95 Å². The van der Waals surface area contributed by atoms with E-state index in [1.54, 1.807) is 19.1 Å². The lowest BCUT2D eigenvalue weighted by molar-refractivity contribution is -0.384. The number of nitro groups is 1. The minimum atomic E-state index is -0.444. The summed E-state index contributed by atoms with van der Waals surface area (Å²) in [6, 6.07) is 13.8. The third-order valence-corrected chi connectivity index (χ3v) is 4.28. The number of imidazole rings is 1. The number of hydrogen-bond donors (Lipinski definition) is 2. The second-order valence-electron chi connectivity index (χ2n) is 6.04. The Labute approximate surface area is 147 Å². The molecule has 0 radical (unpaired) electrons. The Hall–Kier alpha value is -3.68. The molecule has 26 heavy (non-hydrogen) atoms. The van der Waals surface area contributed by atoms with Gasteiger partial charge in [-0.25, -0.2) is 4.98 Å². The van der Waals surface area contributed by atoms with Gasteiger partial charge in [0.2, 0.25) is 5.95 Å². The molecule has 2 aromatic carbocycles. The van der Waals surface area contributed by atoms with Gasteiger partial charge in [-0.15, -0.1) is 0 Å². The van der Waals surface area contributed by atoms with E-state index in [0.717, 1.165) is 11.0 Å². The van der Waals surface area contributed by atoms with Crippen LogP contribution in [0.2, 0.25) is 0 Å². The van der Waals surface area contributed by atoms with Crippen molar-refractivity contribution in [1.82, 2.24) is 19.7 Å². The van der Waals surface area contributed by atoms with Gasteiger partial charge in [-0.2, -0.15) is 4.68 Å². The molecule has 0 bridgehead atoms. The van der Waals surface area contributed by atoms with Crippen molar-refractivity contribution in [2.75, 3.05) is 0 Å². The van der Waals surface area contributed by atoms with E-state index in [-0.39, 0.29) is 11.2 Å². The van der Waals surface area contributed by atoms with Crippen LogP contribution in [0.25, 0.3) is 17.0 Å². The molecule has 0 aliphatic heterocycles. The third kappa shape index (κ3) is 2.67. The van der Waals surface area contributed by atoms with Gasteiger partial charge in [0.05, 0.1) is 16.0 Å². The van der Waals surface area contributed by atoms with Crippen molar-refractivity contribution in [3.63, 3.8) is 0 Å². The van der Waals surface area contributed by atoms with Crippen LogP contribution in [0.5, 0.6) is 0 Å². The monoisotopic (exact) mass is 349 g/mol. The summed E-state index contributed by atoms with van der Waals surface area (Å²) >= 11 is 0. The van der Waals surface area contributed by atoms with E-state index < -0.39 is 4.92 Å². The van der Waals surface area contributed by atoms with E-state index in [1.807, 2.05) is 24.3 Å². The van der Waals surface area contributed by atoms with Gasteiger partial charge in [0, 0.05) is 29.8 Å². The second kappa shape index (κ2) is 5.99. The number of fused-ring (bicyclic) bond motifs is 1. The van der Waals surface area contributed by atoms with Crippen LogP contribution in [0.15, 0.2) is 53.3 Å². The number of nitrogens with one attached hydrogen (secondary N) is 2. The van der Waals surface area contributed by atoms with Crippen LogP contribution < -0.4 is 5.56 Å². The number of aromatic nitrogens is 4. The predicted molar refractivity (Wildman–Crippen MR) is 96.7 cm³/mol. The zero-order chi connectivity index (χ0) is 18.3. The van der Waals surface area contributed by atoms with E-state index in [0.29, 0.717) is 29.2 Å². The molecular weight excluding hydrogens is 334 g/mol. The number of aromatic amines is 2. The van der Waals surface area contributed by atoms with Crippen molar-refractivity contribution in [2.24, 2.45) is 0 Å². The number of benzene rings is 2. The van der Waals surface area contributed by atoms with Crippen LogP contribution in [0, 0.1) is 17.0 Å². The molecule has 0 atom stereocenters. The summed E-state index contributed by atoms with van der Waals surface area (Å²) in [5, 5.41) is 14.0. The fourth-order valence-corrected chi connectivity index (χ4v) is 2.97. The molecule has 4 rings (SSSR count). The number of non-ortho nitro benzene ring substituents is 1. The molecule has 0 aliphatic rings. The number of nitro benzene ring substituents is 1. The van der Waals surface area contributed by atoms with Crippen molar-refractivity contribution >= 4 is 16.7 Å². The van der Waals surface area contributed by atoms with Crippen LogP contribution in [0.1, 0.15) is 16.8 Å². The Morgan fingerprint density at radius 2 is 2.00 bits per heavy atom. The zero-order valence-electron chi connectivity index (χ0n) is 13.9. The first-order valence-electron chi connectivity index (χ1n) is 8.02. The summed E-state index contributed by atoms with van der Waals surface area (Å²) in [6.45, 7) is 1.80. The molecule has 0 spiro atoms. The van der Waals surface area contributed by atoms with E-state index in [2.05, 4.69) is 15.1 Å². The maximum absolute atomic E-state index is 12.8. The van der Waals surface area contributed by atoms with Gasteiger partial charge < -0.3 is 4.98 Å². The molecule has 2 aromatic heterocycles. The molecule has 0 fully saturated rings. The van der Waals surface area contributed by atoms with Gasteiger partial charge in [-0.05, 0) is 24.6 Å². The second-order valence-corrected chi connectivity index (χ2v) is 6.04. The first-order chi connectivity index (χ1) is 12.5. The van der Waals surface area contributed by atoms with Gasteiger partial charge in [-0.1, -0.05) is 24.3 Å². The van der Waals surface area contributed by atoms with Crippen LogP contribution in [-0.2, 0) is 6.42 Å². The van der Waals surface area contributed by atoms with E-state index in [9.17, 15) is 14.9 Å². The van der Waals surface area contributed by atoms with E-state index in [1.165, 1.54) is 16.8 Å². The third-order valence-electron chi connectivity index (χ3n) is 4.28. The summed E-state index contributed by atoms with van der Waals surface area (Å²) in [5.41, 5.74) is 3.33. The van der Waals surface area contributed by atoms with Crippen molar-refractivity contribution in [2.45, 2.75) is 13.3 Å². The lowest BCUT2D eigenvalue weighted by Crippen LogP contribution is -2.18. The van der Waals surface area contributed by atoms with E-state index in [4.69, 9.17) is 0 Å². The molecule has 0 amide bonds. The Morgan fingerprint density at radius 3 is 2.77 bits per heavy atom. The van der Waals surface area contributed by atoms with Crippen LogP contribution >= 0.6 is 0 Å². The zero-order valence-corrected chi connectivity index (χ0v) is 13.9. The molecule has 2 heterocycles. The maximum Gasteiger partial charge on any atom is 0.277 e. The Morgan fingerprint density at radius 1 is 1.19 bits per heavy atom. The standard InChI is InChI=1S/C18H15N5O3/c1-11-14(10-12-5-4-6-13(9-12)23(25)26)17(24)22(21-11)18-19-15-7-2-3-8-16(15)20-18/h2-9,21H,10H2,1H3,(H,19,20). The minimum Gasteiger partial charge on any atom is -0.322 e. The highest BCUT2D eigenvalue weighted by molar-refractivity contribution is 5.75. The van der Waals surface area contributed by atoms with Crippen LogP contribution in [0.3, 0.4) is 0 Å². The predicted octanol–water partition coefficient (Wildman–Crippen LogP) is 2.85. The lowest BCUT2D eigenvalue weighted by Gasteiger charge is -1.99. The number of nitrogens with zero attached hydrogens (tertiary/aromatic N) is 3. The molecule has 8 heteroatoms. The smallest absolute Gasteiger partial charge is 0.277 e. The first-order valence-corrected chi connectivity index (χ1v) is 8.02. The molecule has 8 nitrogen and oxygen atoms in total. The molecular formula is C18H15N5O3. The van der Waals surface area contributed by atoms with E-state index >= 15 is 0 Å². The summed E-state index contributed by atoms with van der Waals surface area (Å²) < 4.78 is 1.36. The Bertz CT molecular complexity index is 1150. The fraction of sp³-hybridized carbons (Fsp3) is 0.111. The summed E-state index contributed by atoms with van der Waals surface area (Å²) in [7, 11) is 0. The summed E-state index contributed by atoms with van der Waals surface area (Å²) in [4.78, 5) is 30.9. The quantitative estimate of drug-likeness (QED) is 0.436. The number of para-hydroxylation sites is 2. The van der Waals surface area contributed by atoms with Crippen LogP contribution in [0.4, 0.5) is 5.69 Å². The van der Waals surface area contributed by atoms with Crippen molar-refractivity contribution < 1.29 is 4.92 Å². The normalized spacial score (nSPS) is 11.1. The summed E-state index contributed by atoms with van der Waals surface area (Å²) in [6.07, 6.45) is 0.302. The molecule has 0 saturated carbocycles. The molecule has 0 aliphatic carbocycles. The van der Waals surface area contributed by atoms with Crippen LogP contribution in [-0.4, -0.2) is 24.7 Å².